The van der Waals surface area contributed by atoms with Crippen molar-refractivity contribution in [1.82, 2.24) is 9.62 Å². The Balaban J connectivity index is 0.00000288. The first-order valence-corrected chi connectivity index (χ1v) is 8.99. The van der Waals surface area contributed by atoms with E-state index in [1.54, 1.807) is 0 Å². The lowest BCUT2D eigenvalue weighted by Gasteiger charge is -2.33. The number of hydrogen-bond acceptors (Lipinski definition) is 5. The average molecular weight is 382 g/mol. The molecule has 1 saturated heterocycles. The Kier molecular flexibility index (Phi) is 7.53. The average Bonchev–Trinajstić information content (AvgIpc) is 2.52. The highest BCUT2D eigenvalue weighted by Gasteiger charge is 2.38. The molecule has 7 nitrogen and oxygen atoms in total. The zero-order valence-corrected chi connectivity index (χ0v) is 14.9. The molecule has 1 heterocycles. The van der Waals surface area contributed by atoms with Gasteiger partial charge in [0.2, 0.25) is 0 Å². The molecule has 1 aliphatic heterocycles. The van der Waals surface area contributed by atoms with Gasteiger partial charge in [-0.1, -0.05) is 13.0 Å². The van der Waals surface area contributed by atoms with Gasteiger partial charge in [-0.2, -0.15) is 4.31 Å². The van der Waals surface area contributed by atoms with E-state index in [4.69, 9.17) is 0 Å². The van der Waals surface area contributed by atoms with Crippen molar-refractivity contribution in [2.45, 2.75) is 37.1 Å². The molecule has 0 radical (unpaired) electrons. The van der Waals surface area contributed by atoms with E-state index in [-0.39, 0.29) is 25.0 Å². The van der Waals surface area contributed by atoms with Crippen molar-refractivity contribution in [2.24, 2.45) is 0 Å². The summed E-state index contributed by atoms with van der Waals surface area (Å²) in [6.07, 6.45) is 1.74. The first-order chi connectivity index (χ1) is 10.9. The summed E-state index contributed by atoms with van der Waals surface area (Å²) in [5, 5.41) is 14.3. The highest BCUT2D eigenvalue weighted by molar-refractivity contribution is 7.89. The molecule has 1 N–H and O–H groups in total. The van der Waals surface area contributed by atoms with Gasteiger partial charge in [0.25, 0.3) is 15.7 Å². The molecule has 0 aliphatic carbocycles. The minimum absolute atomic E-state index is 0. The highest BCUT2D eigenvalue weighted by atomic mass is 35.5. The summed E-state index contributed by atoms with van der Waals surface area (Å²) in [4.78, 5) is 9.43. The summed E-state index contributed by atoms with van der Waals surface area (Å²) in [6, 6.07) is 2.82. The lowest BCUT2D eigenvalue weighted by atomic mass is 10.1. The molecule has 0 saturated carbocycles. The molecule has 1 aromatic rings. The number of halogens is 2. The van der Waals surface area contributed by atoms with E-state index >= 15 is 0 Å². The van der Waals surface area contributed by atoms with Gasteiger partial charge in [0.15, 0.2) is 4.90 Å². The van der Waals surface area contributed by atoms with Crippen LogP contribution in [-0.4, -0.2) is 43.3 Å². The van der Waals surface area contributed by atoms with Crippen molar-refractivity contribution in [1.29, 1.82) is 0 Å². The molecule has 136 valence electrons. The van der Waals surface area contributed by atoms with Gasteiger partial charge in [0.05, 0.1) is 4.92 Å². The Morgan fingerprint density at radius 3 is 2.54 bits per heavy atom. The first kappa shape index (κ1) is 20.8. The van der Waals surface area contributed by atoms with E-state index in [0.29, 0.717) is 32.4 Å². The highest BCUT2D eigenvalue weighted by Crippen LogP contribution is 2.31. The van der Waals surface area contributed by atoms with Gasteiger partial charge < -0.3 is 5.32 Å². The Bertz CT molecular complexity index is 681. The quantitative estimate of drug-likeness (QED) is 0.603. The fourth-order valence-corrected chi connectivity index (χ4v) is 4.81. The topological polar surface area (TPSA) is 92.6 Å². The standard InChI is InChI=1S/C14H20FN3O4S.ClH/c1-2-10-17(11-6-8-16-9-7-11)23(21,22)14-12(15)4-3-5-13(14)18(19)20;/h3-5,11,16H,2,6-10H2,1H3;1H. The van der Waals surface area contributed by atoms with Gasteiger partial charge in [-0.3, -0.25) is 10.1 Å². The molecule has 10 heteroatoms. The van der Waals surface area contributed by atoms with Crippen molar-refractivity contribution in [3.8, 4) is 0 Å². The van der Waals surface area contributed by atoms with E-state index in [9.17, 15) is 22.9 Å². The largest absolute Gasteiger partial charge is 0.317 e. The second-order valence-corrected chi connectivity index (χ2v) is 7.27. The predicted molar refractivity (Wildman–Crippen MR) is 90.4 cm³/mol. The van der Waals surface area contributed by atoms with Crippen LogP contribution in [0.1, 0.15) is 26.2 Å². The van der Waals surface area contributed by atoms with E-state index in [1.165, 1.54) is 4.31 Å². The SMILES string of the molecule is CCCN(C1CCNCC1)S(=O)(=O)c1c(F)cccc1[N+](=O)[O-].Cl. The van der Waals surface area contributed by atoms with Gasteiger partial charge in [0.1, 0.15) is 5.82 Å². The number of rotatable bonds is 6. The van der Waals surface area contributed by atoms with Gasteiger partial charge >= 0.3 is 0 Å². The summed E-state index contributed by atoms with van der Waals surface area (Å²) >= 11 is 0. The lowest BCUT2D eigenvalue weighted by molar-refractivity contribution is -0.388. The maximum Gasteiger partial charge on any atom is 0.292 e. The Morgan fingerprint density at radius 2 is 2.00 bits per heavy atom. The predicted octanol–water partition coefficient (Wildman–Crippen LogP) is 2.31. The van der Waals surface area contributed by atoms with Crippen molar-refractivity contribution < 1.29 is 17.7 Å². The fraction of sp³-hybridized carbons (Fsp3) is 0.571. The van der Waals surface area contributed by atoms with E-state index in [1.807, 2.05) is 6.92 Å². The van der Waals surface area contributed by atoms with E-state index < -0.39 is 31.3 Å². The van der Waals surface area contributed by atoms with Crippen LogP contribution in [0.3, 0.4) is 0 Å². The number of nitro benzene ring substituents is 1. The van der Waals surface area contributed by atoms with E-state index in [2.05, 4.69) is 5.32 Å². The van der Waals surface area contributed by atoms with Crippen molar-refractivity contribution in [2.75, 3.05) is 19.6 Å². The zero-order valence-electron chi connectivity index (χ0n) is 13.3. The molecule has 0 aromatic heterocycles. The summed E-state index contributed by atoms with van der Waals surface area (Å²) in [5.74, 6) is -1.09. The van der Waals surface area contributed by atoms with Crippen LogP contribution in [0.5, 0.6) is 0 Å². The number of nitrogens with one attached hydrogen (secondary N) is 1. The van der Waals surface area contributed by atoms with Crippen molar-refractivity contribution >= 4 is 28.1 Å². The Labute approximate surface area is 146 Å². The summed E-state index contributed by atoms with van der Waals surface area (Å²) in [5.41, 5.74) is -0.722. The van der Waals surface area contributed by atoms with Crippen molar-refractivity contribution in [3.63, 3.8) is 0 Å². The molecule has 1 aromatic carbocycles. The van der Waals surface area contributed by atoms with Gasteiger partial charge in [-0.25, -0.2) is 12.8 Å². The van der Waals surface area contributed by atoms with E-state index in [0.717, 1.165) is 18.2 Å². The van der Waals surface area contributed by atoms with Crippen LogP contribution >= 0.6 is 12.4 Å². The molecule has 0 unspecified atom stereocenters. The van der Waals surface area contributed by atoms with Crippen LogP contribution < -0.4 is 5.32 Å². The number of hydrogen-bond donors (Lipinski definition) is 1. The molecule has 2 rings (SSSR count). The number of nitro groups is 1. The number of nitrogens with zero attached hydrogens (tertiary/aromatic N) is 2. The normalized spacial score (nSPS) is 16.0. The van der Waals surface area contributed by atoms with Crippen LogP contribution in [0.25, 0.3) is 0 Å². The molecule has 1 fully saturated rings. The summed E-state index contributed by atoms with van der Waals surface area (Å²) < 4.78 is 41.2. The maximum atomic E-state index is 14.2. The van der Waals surface area contributed by atoms with Gasteiger partial charge in [0, 0.05) is 18.7 Å². The van der Waals surface area contributed by atoms with Gasteiger partial charge in [-0.15, -0.1) is 12.4 Å². The minimum atomic E-state index is -4.28. The first-order valence-electron chi connectivity index (χ1n) is 7.55. The monoisotopic (exact) mass is 381 g/mol. The maximum absolute atomic E-state index is 14.2. The number of benzene rings is 1. The minimum Gasteiger partial charge on any atom is -0.317 e. The third-order valence-corrected chi connectivity index (χ3v) is 5.89. The Morgan fingerprint density at radius 1 is 1.38 bits per heavy atom. The fourth-order valence-electron chi connectivity index (χ4n) is 2.83. The molecule has 24 heavy (non-hydrogen) atoms. The van der Waals surface area contributed by atoms with Crippen LogP contribution in [0.4, 0.5) is 10.1 Å². The molecule has 0 spiro atoms. The third kappa shape index (κ3) is 4.21. The Hall–Kier alpha value is -1.29. The van der Waals surface area contributed by atoms with Crippen LogP contribution in [0, 0.1) is 15.9 Å². The molecular formula is C14H21ClFN3O4S. The smallest absolute Gasteiger partial charge is 0.292 e. The second kappa shape index (κ2) is 8.70. The van der Waals surface area contributed by atoms with Crippen molar-refractivity contribution in [3.05, 3.63) is 34.1 Å². The second-order valence-electron chi connectivity index (χ2n) is 5.44. The molecule has 0 atom stereocenters. The number of sulfonamides is 1. The lowest BCUT2D eigenvalue weighted by Crippen LogP contribution is -2.46. The van der Waals surface area contributed by atoms with Gasteiger partial charge in [-0.05, 0) is 38.4 Å². The van der Waals surface area contributed by atoms with Crippen LogP contribution in [0.2, 0.25) is 0 Å². The summed E-state index contributed by atoms with van der Waals surface area (Å²) in [7, 11) is -4.28. The van der Waals surface area contributed by atoms with Crippen LogP contribution in [-0.2, 0) is 10.0 Å². The molecular weight excluding hydrogens is 361 g/mol. The molecule has 0 amide bonds. The third-order valence-electron chi connectivity index (χ3n) is 3.87. The molecule has 1 aliphatic rings. The number of piperidine rings is 1. The molecule has 0 bridgehead atoms. The zero-order chi connectivity index (χ0) is 17.0. The summed E-state index contributed by atoms with van der Waals surface area (Å²) in [6.45, 7) is 3.36. The van der Waals surface area contributed by atoms with Crippen LogP contribution in [0.15, 0.2) is 23.1 Å².